The number of nitriles is 2. The third-order valence-corrected chi connectivity index (χ3v) is 6.33. The van der Waals surface area contributed by atoms with Crippen molar-refractivity contribution in [1.29, 1.82) is 10.5 Å². The van der Waals surface area contributed by atoms with Gasteiger partial charge in [0, 0.05) is 0 Å². The summed E-state index contributed by atoms with van der Waals surface area (Å²) in [5, 5.41) is 39.1. The molecule has 6 aromatic rings. The van der Waals surface area contributed by atoms with E-state index >= 15 is 0 Å². The molecule has 0 saturated heterocycles. The first-order chi connectivity index (χ1) is 21.4. The van der Waals surface area contributed by atoms with Crippen LogP contribution in [0.5, 0.6) is 34.5 Å². The van der Waals surface area contributed by atoms with Crippen LogP contribution >= 0.6 is 0 Å². The summed E-state index contributed by atoms with van der Waals surface area (Å²) >= 11 is 0. The summed E-state index contributed by atoms with van der Waals surface area (Å²) in [4.78, 5) is 0. The van der Waals surface area contributed by atoms with Crippen LogP contribution in [0.25, 0.3) is 21.5 Å². The van der Waals surface area contributed by atoms with Crippen LogP contribution < -0.4 is 18.9 Å². The van der Waals surface area contributed by atoms with Gasteiger partial charge in [0.25, 0.3) is 0 Å². The van der Waals surface area contributed by atoms with Crippen molar-refractivity contribution in [2.75, 3.05) is 28.4 Å². The van der Waals surface area contributed by atoms with E-state index in [-0.39, 0.29) is 37.7 Å². The molecule has 0 heterocycles. The Labute approximate surface area is 281 Å². The summed E-state index contributed by atoms with van der Waals surface area (Å²) in [7, 11) is 6.58. The number of hydrogen-bond acceptors (Lipinski definition) is 8. The van der Waals surface area contributed by atoms with Gasteiger partial charge < -0.3 is 29.2 Å². The molecule has 0 spiro atoms. The van der Waals surface area contributed by atoms with Crippen molar-refractivity contribution < 1.29 is 55.4 Å². The third-order valence-electron chi connectivity index (χ3n) is 6.33. The van der Waals surface area contributed by atoms with Crippen molar-refractivity contribution in [3.8, 4) is 46.6 Å². The van der Waals surface area contributed by atoms with Gasteiger partial charge >= 0.3 is 26.2 Å². The van der Waals surface area contributed by atoms with Crippen LogP contribution in [0.2, 0.25) is 0 Å². The van der Waals surface area contributed by atoms with Crippen LogP contribution in [-0.4, -0.2) is 38.7 Å². The number of hydrogen-bond donors (Lipinski definition) is 2. The summed E-state index contributed by atoms with van der Waals surface area (Å²) in [6.07, 6.45) is 0. The fraction of sp³-hybridized carbons (Fsp3) is 0.111. The Morgan fingerprint density at radius 1 is 0.533 bits per heavy atom. The minimum atomic E-state index is 0. The molecule has 9 heteroatoms. The molecule has 0 radical (unpaired) electrons. The van der Waals surface area contributed by atoms with Crippen LogP contribution in [0.15, 0.2) is 109 Å². The van der Waals surface area contributed by atoms with E-state index in [1.807, 2.05) is 48.5 Å². The van der Waals surface area contributed by atoms with E-state index in [0.717, 1.165) is 23.0 Å². The maximum absolute atomic E-state index is 8.89. The molecule has 0 fully saturated rings. The van der Waals surface area contributed by atoms with E-state index in [9.17, 15) is 0 Å². The topological polar surface area (TPSA) is 125 Å². The van der Waals surface area contributed by atoms with Crippen LogP contribution in [0, 0.1) is 22.7 Å². The van der Waals surface area contributed by atoms with E-state index in [4.69, 9.17) is 39.7 Å². The van der Waals surface area contributed by atoms with E-state index in [2.05, 4.69) is 24.3 Å². The van der Waals surface area contributed by atoms with Crippen molar-refractivity contribution in [2.24, 2.45) is 0 Å². The number of fused-ring (bicyclic) bond motifs is 2. The van der Waals surface area contributed by atoms with Gasteiger partial charge in [0.05, 0.1) is 39.6 Å². The number of aromatic hydroxyl groups is 2. The molecule has 226 valence electrons. The predicted octanol–water partition coefficient (Wildman–Crippen LogP) is 7.68. The standard InChI is InChI=1S/2C11H11O2.2C7H5NO.Zr/c2*1-12-10-6-8-4-3-5-9(8)7-11(10)13-2;2*8-5-6-3-1-2-4-7(6)9;/h2*3-7H,1-2H3;2*1-4,9H;/q2*-1;;;+2. The quantitative estimate of drug-likeness (QED) is 0.182. The first-order valence-corrected chi connectivity index (χ1v) is 13.3. The minimum absolute atomic E-state index is 0. The molecular weight excluding hydrogens is 648 g/mol. The van der Waals surface area contributed by atoms with Crippen LogP contribution in [0.4, 0.5) is 0 Å². The largest absolute Gasteiger partial charge is 2.00 e. The van der Waals surface area contributed by atoms with Crippen LogP contribution in [0.3, 0.4) is 0 Å². The van der Waals surface area contributed by atoms with Gasteiger partial charge in [-0.1, -0.05) is 48.5 Å². The van der Waals surface area contributed by atoms with Crippen LogP contribution in [0.1, 0.15) is 11.1 Å². The molecule has 0 aliphatic heterocycles. The molecule has 0 bridgehead atoms. The maximum atomic E-state index is 8.89. The Morgan fingerprint density at radius 2 is 0.867 bits per heavy atom. The van der Waals surface area contributed by atoms with Crippen LogP contribution in [-0.2, 0) is 26.2 Å². The number of methoxy groups -OCH3 is 4. The van der Waals surface area contributed by atoms with Gasteiger partial charge in [-0.25, -0.2) is 0 Å². The van der Waals surface area contributed by atoms with Gasteiger partial charge in [-0.15, -0.1) is 33.7 Å². The van der Waals surface area contributed by atoms with E-state index in [0.29, 0.717) is 11.1 Å². The third kappa shape index (κ3) is 9.90. The fourth-order valence-corrected chi connectivity index (χ4v) is 4.05. The van der Waals surface area contributed by atoms with Gasteiger partial charge in [-0.05, 0) is 24.3 Å². The van der Waals surface area contributed by atoms with Gasteiger partial charge in [-0.3, -0.25) is 0 Å². The number of para-hydroxylation sites is 2. The molecule has 6 rings (SSSR count). The molecule has 0 aliphatic rings. The Balaban J connectivity index is 0.000000211. The molecule has 45 heavy (non-hydrogen) atoms. The van der Waals surface area contributed by atoms with Crippen molar-refractivity contribution in [3.05, 3.63) is 120 Å². The first kappa shape index (κ1) is 36.0. The molecular formula is C36H32N2O6Zr. The Morgan fingerprint density at radius 3 is 1.16 bits per heavy atom. The van der Waals surface area contributed by atoms with Gasteiger partial charge in [0.15, 0.2) is 0 Å². The average molecular weight is 680 g/mol. The molecule has 0 amide bonds. The van der Waals surface area contributed by atoms with Crippen molar-refractivity contribution in [3.63, 3.8) is 0 Å². The van der Waals surface area contributed by atoms with Gasteiger partial charge in [-0.2, -0.15) is 34.8 Å². The van der Waals surface area contributed by atoms with Crippen molar-refractivity contribution >= 4 is 21.5 Å². The number of phenols is 2. The summed E-state index contributed by atoms with van der Waals surface area (Å²) < 4.78 is 20.8. The molecule has 0 aliphatic carbocycles. The SMILES string of the molecule is COc1cc2cc[cH-]c2cc1OC.COc1cc2cc[cH-]c2cc1OC.N#Cc1ccccc1O.N#Cc1ccccc1O.[Zr+2]. The number of ether oxygens (including phenoxy) is 4. The summed E-state index contributed by atoms with van der Waals surface area (Å²) in [6.45, 7) is 0. The molecule has 0 unspecified atom stereocenters. The second-order valence-corrected chi connectivity index (χ2v) is 8.98. The Bertz CT molecular complexity index is 1670. The van der Waals surface area contributed by atoms with E-state index < -0.39 is 0 Å². The molecule has 2 N–H and O–H groups in total. The molecule has 6 aromatic carbocycles. The summed E-state index contributed by atoms with van der Waals surface area (Å²) in [5.74, 6) is 3.20. The first-order valence-electron chi connectivity index (χ1n) is 13.3. The number of nitrogens with zero attached hydrogens (tertiary/aromatic N) is 2. The summed E-state index contributed by atoms with van der Waals surface area (Å²) in [5.41, 5.74) is 0.634. The van der Waals surface area contributed by atoms with Crippen molar-refractivity contribution in [1.82, 2.24) is 0 Å². The van der Waals surface area contributed by atoms with Gasteiger partial charge in [0.2, 0.25) is 0 Å². The molecule has 0 aromatic heterocycles. The number of phenolic OH excluding ortho intramolecular Hbond substituents is 2. The number of rotatable bonds is 4. The average Bonchev–Trinajstić information content (AvgIpc) is 3.73. The maximum Gasteiger partial charge on any atom is 2.00 e. The Hall–Kier alpha value is -5.24. The second-order valence-electron chi connectivity index (χ2n) is 8.98. The molecule has 8 nitrogen and oxygen atoms in total. The molecule has 0 atom stereocenters. The normalized spacial score (nSPS) is 9.29. The monoisotopic (exact) mass is 678 g/mol. The zero-order chi connectivity index (χ0) is 31.9. The second kappa shape index (κ2) is 18.4. The smallest absolute Gasteiger partial charge is 0.507 e. The fourth-order valence-electron chi connectivity index (χ4n) is 4.05. The predicted molar refractivity (Wildman–Crippen MR) is 171 cm³/mol. The van der Waals surface area contributed by atoms with Gasteiger partial charge in [0.1, 0.15) is 46.6 Å². The van der Waals surface area contributed by atoms with E-state index in [1.165, 1.54) is 33.7 Å². The zero-order valence-corrected chi connectivity index (χ0v) is 27.8. The summed E-state index contributed by atoms with van der Waals surface area (Å²) in [6, 6.07) is 36.7. The van der Waals surface area contributed by atoms with Crippen molar-refractivity contribution in [2.45, 2.75) is 0 Å². The number of benzene rings is 4. The van der Waals surface area contributed by atoms with E-state index in [1.54, 1.807) is 64.8 Å². The minimum Gasteiger partial charge on any atom is -0.507 e. The molecule has 0 saturated carbocycles. The zero-order valence-electron chi connectivity index (χ0n) is 25.3. The Kier molecular flexibility index (Phi) is 14.7.